The van der Waals surface area contributed by atoms with Gasteiger partial charge < -0.3 is 14.6 Å². The maximum Gasteiger partial charge on any atom is 0.273 e. The lowest BCUT2D eigenvalue weighted by atomic mass is 10.0. The number of rotatable bonds is 6. The van der Waals surface area contributed by atoms with Crippen LogP contribution in [0.2, 0.25) is 0 Å². The van der Waals surface area contributed by atoms with Crippen LogP contribution in [0, 0.1) is 6.92 Å². The highest BCUT2D eigenvalue weighted by Gasteiger charge is 2.29. The molecule has 116 valence electrons. The molecule has 0 spiro atoms. The van der Waals surface area contributed by atoms with E-state index in [4.69, 9.17) is 9.26 Å². The van der Waals surface area contributed by atoms with Crippen molar-refractivity contribution >= 4 is 5.91 Å². The topological polar surface area (TPSA) is 64.4 Å². The van der Waals surface area contributed by atoms with Crippen LogP contribution < -0.4 is 5.32 Å². The van der Waals surface area contributed by atoms with Crippen LogP contribution in [0.5, 0.6) is 0 Å². The van der Waals surface area contributed by atoms with Gasteiger partial charge in [0.05, 0.1) is 6.10 Å². The van der Waals surface area contributed by atoms with E-state index >= 15 is 0 Å². The predicted molar refractivity (Wildman–Crippen MR) is 81.7 cm³/mol. The SMILES string of the molecule is CO[C@@H](CNC(=O)c1cc(C2CC2)on1)c1ccccc1C. The third-order valence-corrected chi connectivity index (χ3v) is 4.01. The van der Waals surface area contributed by atoms with Gasteiger partial charge in [-0.15, -0.1) is 0 Å². The lowest BCUT2D eigenvalue weighted by Gasteiger charge is -2.18. The number of hydrogen-bond donors (Lipinski definition) is 1. The van der Waals surface area contributed by atoms with Gasteiger partial charge in [-0.05, 0) is 30.9 Å². The van der Waals surface area contributed by atoms with Gasteiger partial charge in [-0.2, -0.15) is 0 Å². The Morgan fingerprint density at radius 3 is 2.91 bits per heavy atom. The summed E-state index contributed by atoms with van der Waals surface area (Å²) >= 11 is 0. The van der Waals surface area contributed by atoms with Crippen molar-refractivity contribution in [3.63, 3.8) is 0 Å². The molecule has 1 aliphatic rings. The molecule has 0 bridgehead atoms. The molecule has 22 heavy (non-hydrogen) atoms. The van der Waals surface area contributed by atoms with E-state index in [2.05, 4.69) is 10.5 Å². The number of aromatic nitrogens is 1. The molecule has 5 heteroatoms. The van der Waals surface area contributed by atoms with Crippen LogP contribution in [0.4, 0.5) is 0 Å². The highest BCUT2D eigenvalue weighted by atomic mass is 16.5. The third kappa shape index (κ3) is 3.20. The Kier molecular flexibility index (Phi) is 4.24. The first kappa shape index (κ1) is 14.8. The fourth-order valence-corrected chi connectivity index (χ4v) is 2.50. The van der Waals surface area contributed by atoms with Crippen LogP contribution >= 0.6 is 0 Å². The Hall–Kier alpha value is -2.14. The van der Waals surface area contributed by atoms with E-state index in [1.54, 1.807) is 13.2 Å². The standard InChI is InChI=1S/C17H20N2O3/c1-11-5-3-4-6-13(11)16(21-2)10-18-17(20)14-9-15(22-19-14)12-7-8-12/h3-6,9,12,16H,7-8,10H2,1-2H3,(H,18,20)/t16-/m0/s1. The minimum Gasteiger partial charge on any atom is -0.375 e. The van der Waals surface area contributed by atoms with Gasteiger partial charge in [-0.25, -0.2) is 0 Å². The first-order chi connectivity index (χ1) is 10.7. The van der Waals surface area contributed by atoms with E-state index in [0.29, 0.717) is 18.2 Å². The average Bonchev–Trinajstić information content (AvgIpc) is 3.26. The molecular formula is C17H20N2O3. The smallest absolute Gasteiger partial charge is 0.273 e. The Morgan fingerprint density at radius 2 is 2.23 bits per heavy atom. The summed E-state index contributed by atoms with van der Waals surface area (Å²) in [5, 5.41) is 6.71. The van der Waals surface area contributed by atoms with E-state index in [-0.39, 0.29) is 12.0 Å². The van der Waals surface area contributed by atoms with E-state index in [9.17, 15) is 4.79 Å². The fourth-order valence-electron chi connectivity index (χ4n) is 2.50. The van der Waals surface area contributed by atoms with Crippen molar-refractivity contribution in [2.45, 2.75) is 31.8 Å². The molecule has 5 nitrogen and oxygen atoms in total. The zero-order chi connectivity index (χ0) is 15.5. The van der Waals surface area contributed by atoms with Crippen LogP contribution in [0.1, 0.15) is 52.2 Å². The summed E-state index contributed by atoms with van der Waals surface area (Å²) in [4.78, 5) is 12.1. The van der Waals surface area contributed by atoms with Crippen LogP contribution in [0.3, 0.4) is 0 Å². The van der Waals surface area contributed by atoms with Crippen LogP contribution in [0.15, 0.2) is 34.9 Å². The zero-order valence-corrected chi connectivity index (χ0v) is 12.8. The summed E-state index contributed by atoms with van der Waals surface area (Å²) in [6, 6.07) is 9.73. The normalized spacial score (nSPS) is 15.5. The molecule has 1 aromatic carbocycles. The first-order valence-electron chi connectivity index (χ1n) is 7.52. The zero-order valence-electron chi connectivity index (χ0n) is 12.8. The minimum absolute atomic E-state index is 0.181. The van der Waals surface area contributed by atoms with Crippen LogP contribution in [-0.2, 0) is 4.74 Å². The summed E-state index contributed by atoms with van der Waals surface area (Å²) in [6.45, 7) is 2.43. The highest BCUT2D eigenvalue weighted by molar-refractivity contribution is 5.92. The number of methoxy groups -OCH3 is 1. The summed E-state index contributed by atoms with van der Waals surface area (Å²) in [6.07, 6.45) is 2.06. The van der Waals surface area contributed by atoms with E-state index in [1.807, 2.05) is 31.2 Å². The maximum absolute atomic E-state index is 12.1. The predicted octanol–water partition coefficient (Wildman–Crippen LogP) is 2.98. The number of hydrogen-bond acceptors (Lipinski definition) is 4. The van der Waals surface area contributed by atoms with Crippen molar-refractivity contribution in [2.24, 2.45) is 0 Å². The number of nitrogens with zero attached hydrogens (tertiary/aromatic N) is 1. The summed E-state index contributed by atoms with van der Waals surface area (Å²) in [5.41, 5.74) is 2.55. The van der Waals surface area contributed by atoms with Crippen LogP contribution in [0.25, 0.3) is 0 Å². The molecular weight excluding hydrogens is 280 g/mol. The Labute approximate surface area is 129 Å². The van der Waals surface area contributed by atoms with E-state index in [0.717, 1.165) is 29.7 Å². The number of ether oxygens (including phenoxy) is 1. The molecule has 1 fully saturated rings. The van der Waals surface area contributed by atoms with Gasteiger partial charge in [0.15, 0.2) is 5.69 Å². The van der Waals surface area contributed by atoms with E-state index < -0.39 is 0 Å². The van der Waals surface area contributed by atoms with Crippen molar-refractivity contribution < 1.29 is 14.1 Å². The molecule has 2 aromatic rings. The number of carbonyl (C=O) groups is 1. The Balaban J connectivity index is 1.62. The minimum atomic E-state index is -0.230. The summed E-state index contributed by atoms with van der Waals surface area (Å²) in [5.74, 6) is 1.03. The number of nitrogens with one attached hydrogen (secondary N) is 1. The second-order valence-corrected chi connectivity index (χ2v) is 5.68. The molecule has 1 aromatic heterocycles. The third-order valence-electron chi connectivity index (χ3n) is 4.01. The Bertz CT molecular complexity index is 661. The van der Waals surface area contributed by atoms with Crippen molar-refractivity contribution in [1.82, 2.24) is 10.5 Å². The van der Waals surface area contributed by atoms with Gasteiger partial charge >= 0.3 is 0 Å². The lowest BCUT2D eigenvalue weighted by Crippen LogP contribution is -2.29. The molecule has 0 aliphatic heterocycles. The monoisotopic (exact) mass is 300 g/mol. The molecule has 1 N–H and O–H groups in total. The van der Waals surface area contributed by atoms with Crippen molar-refractivity contribution in [2.75, 3.05) is 13.7 Å². The van der Waals surface area contributed by atoms with Gasteiger partial charge in [-0.1, -0.05) is 29.4 Å². The first-order valence-corrected chi connectivity index (χ1v) is 7.52. The largest absolute Gasteiger partial charge is 0.375 e. The fraction of sp³-hybridized carbons (Fsp3) is 0.412. The number of aryl methyl sites for hydroxylation is 1. The van der Waals surface area contributed by atoms with Crippen LogP contribution in [-0.4, -0.2) is 24.7 Å². The van der Waals surface area contributed by atoms with Gasteiger partial charge in [0, 0.05) is 25.6 Å². The average molecular weight is 300 g/mol. The number of amides is 1. The molecule has 0 unspecified atom stereocenters. The van der Waals surface area contributed by atoms with Gasteiger partial charge in [0.25, 0.3) is 5.91 Å². The lowest BCUT2D eigenvalue weighted by molar-refractivity contribution is 0.0819. The van der Waals surface area contributed by atoms with Crippen molar-refractivity contribution in [3.05, 3.63) is 52.9 Å². The second kappa shape index (κ2) is 6.32. The van der Waals surface area contributed by atoms with Crippen molar-refractivity contribution in [1.29, 1.82) is 0 Å². The van der Waals surface area contributed by atoms with Crippen molar-refractivity contribution in [3.8, 4) is 0 Å². The summed E-state index contributed by atoms with van der Waals surface area (Å²) < 4.78 is 10.7. The molecule has 0 saturated heterocycles. The molecule has 1 heterocycles. The van der Waals surface area contributed by atoms with E-state index in [1.165, 1.54) is 0 Å². The summed E-state index contributed by atoms with van der Waals surface area (Å²) in [7, 11) is 1.64. The second-order valence-electron chi connectivity index (χ2n) is 5.68. The highest BCUT2D eigenvalue weighted by Crippen LogP contribution is 2.40. The Morgan fingerprint density at radius 1 is 1.45 bits per heavy atom. The number of benzene rings is 1. The molecule has 1 amide bonds. The van der Waals surface area contributed by atoms with Gasteiger partial charge in [-0.3, -0.25) is 4.79 Å². The maximum atomic E-state index is 12.1. The van der Waals surface area contributed by atoms with Gasteiger partial charge in [0.1, 0.15) is 5.76 Å². The molecule has 3 rings (SSSR count). The molecule has 0 radical (unpaired) electrons. The number of carbonyl (C=O) groups excluding carboxylic acids is 1. The molecule has 1 saturated carbocycles. The van der Waals surface area contributed by atoms with Gasteiger partial charge in [0.2, 0.25) is 0 Å². The molecule has 1 aliphatic carbocycles. The molecule has 1 atom stereocenters. The quantitative estimate of drug-likeness (QED) is 0.890.